The van der Waals surface area contributed by atoms with Gasteiger partial charge in [-0.25, -0.2) is 8.78 Å². The van der Waals surface area contributed by atoms with Crippen LogP contribution in [0.5, 0.6) is 0 Å². The van der Waals surface area contributed by atoms with Crippen molar-refractivity contribution in [3.63, 3.8) is 0 Å². The predicted octanol–water partition coefficient (Wildman–Crippen LogP) is 4.63. The molecular formula is C27H36F2N2O2. The maximum atomic E-state index is 13.6. The minimum Gasteiger partial charge on any atom is -0.390 e. The molecule has 0 saturated heterocycles. The Kier molecular flexibility index (Phi) is 8.24. The molecule has 1 aliphatic rings. The summed E-state index contributed by atoms with van der Waals surface area (Å²) in [5.74, 6) is -1.65. The molecule has 0 radical (unpaired) electrons. The molecular weight excluding hydrogens is 422 g/mol. The first-order valence-electron chi connectivity index (χ1n) is 11.8. The Bertz CT molecular complexity index is 951. The summed E-state index contributed by atoms with van der Waals surface area (Å²) >= 11 is 0. The van der Waals surface area contributed by atoms with Crippen LogP contribution in [0.15, 0.2) is 36.4 Å². The molecule has 3 atom stereocenters. The van der Waals surface area contributed by atoms with E-state index in [0.717, 1.165) is 31.7 Å². The lowest BCUT2D eigenvalue weighted by atomic mass is 9.82. The van der Waals surface area contributed by atoms with Gasteiger partial charge >= 0.3 is 0 Å². The number of benzene rings is 2. The second-order valence-electron chi connectivity index (χ2n) is 10.5. The third kappa shape index (κ3) is 7.61. The van der Waals surface area contributed by atoms with E-state index in [0.29, 0.717) is 5.56 Å². The topological polar surface area (TPSA) is 61.4 Å². The molecule has 1 amide bonds. The molecule has 33 heavy (non-hydrogen) atoms. The number of rotatable bonds is 8. The van der Waals surface area contributed by atoms with Gasteiger partial charge in [0.1, 0.15) is 11.6 Å². The number of aliphatic hydroxyl groups excluding tert-OH is 1. The number of aliphatic hydroxyl groups is 1. The average molecular weight is 459 g/mol. The molecule has 180 valence electrons. The van der Waals surface area contributed by atoms with Crippen molar-refractivity contribution in [2.45, 2.75) is 78.0 Å². The Morgan fingerprint density at radius 1 is 1.12 bits per heavy atom. The lowest BCUT2D eigenvalue weighted by Gasteiger charge is -2.31. The molecule has 0 heterocycles. The number of nitrogens with one attached hydrogen (secondary N) is 2. The molecule has 0 aromatic heterocycles. The van der Waals surface area contributed by atoms with Crippen LogP contribution >= 0.6 is 0 Å². The van der Waals surface area contributed by atoms with Gasteiger partial charge in [-0.15, -0.1) is 0 Å². The summed E-state index contributed by atoms with van der Waals surface area (Å²) in [6.07, 6.45) is 3.29. The van der Waals surface area contributed by atoms with E-state index in [1.165, 1.54) is 35.7 Å². The summed E-state index contributed by atoms with van der Waals surface area (Å²) in [4.78, 5) is 11.7. The number of aryl methyl sites for hydroxylation is 1. The quantitative estimate of drug-likeness (QED) is 0.541. The summed E-state index contributed by atoms with van der Waals surface area (Å²) in [5.41, 5.74) is 4.50. The molecule has 2 unspecified atom stereocenters. The summed E-state index contributed by atoms with van der Waals surface area (Å²) in [6.45, 7) is 8.31. The van der Waals surface area contributed by atoms with Crippen LogP contribution in [0.4, 0.5) is 8.78 Å². The number of carbonyl (C=O) groups is 1. The number of halogens is 2. The van der Waals surface area contributed by atoms with E-state index in [-0.39, 0.29) is 30.3 Å². The monoisotopic (exact) mass is 458 g/mol. The van der Waals surface area contributed by atoms with Crippen LogP contribution in [0, 0.1) is 17.0 Å². The Hall–Kier alpha value is -2.31. The van der Waals surface area contributed by atoms with E-state index in [4.69, 9.17) is 0 Å². The van der Waals surface area contributed by atoms with Crippen molar-refractivity contribution in [1.29, 1.82) is 0 Å². The van der Waals surface area contributed by atoms with Gasteiger partial charge in [0, 0.05) is 25.6 Å². The second-order valence-corrected chi connectivity index (χ2v) is 10.5. The van der Waals surface area contributed by atoms with Gasteiger partial charge in [0.05, 0.1) is 12.1 Å². The van der Waals surface area contributed by atoms with E-state index in [2.05, 4.69) is 49.6 Å². The van der Waals surface area contributed by atoms with E-state index >= 15 is 0 Å². The van der Waals surface area contributed by atoms with Crippen LogP contribution in [0.25, 0.3) is 0 Å². The molecule has 6 heteroatoms. The van der Waals surface area contributed by atoms with Crippen molar-refractivity contribution in [3.05, 3.63) is 70.3 Å². The number of hydrogen-bond acceptors (Lipinski definition) is 3. The van der Waals surface area contributed by atoms with Gasteiger partial charge < -0.3 is 15.7 Å². The van der Waals surface area contributed by atoms with Gasteiger partial charge in [-0.2, -0.15) is 0 Å². The summed E-state index contributed by atoms with van der Waals surface area (Å²) in [5, 5.41) is 17.1. The van der Waals surface area contributed by atoms with Gasteiger partial charge in [0.2, 0.25) is 5.91 Å². The fourth-order valence-electron chi connectivity index (χ4n) is 4.72. The fourth-order valence-corrected chi connectivity index (χ4v) is 4.72. The van der Waals surface area contributed by atoms with Crippen molar-refractivity contribution in [3.8, 4) is 0 Å². The predicted molar refractivity (Wildman–Crippen MR) is 127 cm³/mol. The van der Waals surface area contributed by atoms with E-state index < -0.39 is 23.8 Å². The van der Waals surface area contributed by atoms with E-state index in [1.807, 2.05) is 0 Å². The molecule has 3 N–H and O–H groups in total. The fraction of sp³-hybridized carbons (Fsp3) is 0.519. The molecule has 0 fully saturated rings. The molecule has 1 aliphatic carbocycles. The highest BCUT2D eigenvalue weighted by Crippen LogP contribution is 2.32. The maximum absolute atomic E-state index is 13.6. The SMILES string of the molecule is CC(=O)NC(Cc1cc(F)cc(F)c1)C(O)CN[C@H]1CCCc2ccc(CC(C)(C)C)cc21. The molecule has 0 saturated carbocycles. The zero-order valence-electron chi connectivity index (χ0n) is 20.1. The Balaban J connectivity index is 1.70. The highest BCUT2D eigenvalue weighted by atomic mass is 19.1. The van der Waals surface area contributed by atoms with Crippen LogP contribution in [0.3, 0.4) is 0 Å². The first-order valence-corrected chi connectivity index (χ1v) is 11.8. The lowest BCUT2D eigenvalue weighted by molar-refractivity contribution is -0.120. The van der Waals surface area contributed by atoms with Crippen LogP contribution in [-0.4, -0.2) is 29.7 Å². The minimum atomic E-state index is -0.914. The average Bonchev–Trinajstić information content (AvgIpc) is 2.69. The van der Waals surface area contributed by atoms with Crippen LogP contribution in [0.1, 0.15) is 68.8 Å². The number of fused-ring (bicyclic) bond motifs is 1. The summed E-state index contributed by atoms with van der Waals surface area (Å²) in [7, 11) is 0. The van der Waals surface area contributed by atoms with Crippen molar-refractivity contribution < 1.29 is 18.7 Å². The van der Waals surface area contributed by atoms with Gasteiger partial charge in [-0.1, -0.05) is 39.0 Å². The normalized spacial score (nSPS) is 17.8. The van der Waals surface area contributed by atoms with Crippen LogP contribution < -0.4 is 10.6 Å². The van der Waals surface area contributed by atoms with Crippen LogP contribution in [0.2, 0.25) is 0 Å². The first kappa shape index (κ1) is 25.3. The maximum Gasteiger partial charge on any atom is 0.217 e. The Labute approximate surface area is 195 Å². The smallest absolute Gasteiger partial charge is 0.217 e. The highest BCUT2D eigenvalue weighted by Gasteiger charge is 2.25. The lowest BCUT2D eigenvalue weighted by Crippen LogP contribution is -2.48. The second kappa shape index (κ2) is 10.7. The Morgan fingerprint density at radius 3 is 2.45 bits per heavy atom. The van der Waals surface area contributed by atoms with Gasteiger partial charge in [0.25, 0.3) is 0 Å². The highest BCUT2D eigenvalue weighted by molar-refractivity contribution is 5.73. The van der Waals surface area contributed by atoms with Crippen LogP contribution in [-0.2, 0) is 24.1 Å². The number of hydrogen-bond donors (Lipinski definition) is 3. The Morgan fingerprint density at radius 2 is 1.82 bits per heavy atom. The molecule has 2 aromatic carbocycles. The third-order valence-electron chi connectivity index (χ3n) is 6.06. The van der Waals surface area contributed by atoms with Crippen molar-refractivity contribution in [1.82, 2.24) is 10.6 Å². The number of amides is 1. The summed E-state index contributed by atoms with van der Waals surface area (Å²) < 4.78 is 27.2. The summed E-state index contributed by atoms with van der Waals surface area (Å²) in [6, 6.07) is 9.44. The molecule has 0 spiro atoms. The van der Waals surface area contributed by atoms with Gasteiger partial charge in [-0.05, 0) is 71.9 Å². The molecule has 4 nitrogen and oxygen atoms in total. The zero-order chi connectivity index (χ0) is 24.2. The molecule has 0 bridgehead atoms. The largest absolute Gasteiger partial charge is 0.390 e. The molecule has 2 aromatic rings. The zero-order valence-corrected chi connectivity index (χ0v) is 20.1. The van der Waals surface area contributed by atoms with E-state index in [1.54, 1.807) is 0 Å². The molecule has 3 rings (SSSR count). The number of carbonyl (C=O) groups excluding carboxylic acids is 1. The standard InChI is InChI=1S/C27H36F2N2O2/c1-17(32)31-25(13-19-10-21(28)14-22(29)11-19)26(33)16-30-24-7-5-6-20-9-8-18(12-23(20)24)15-27(2,3)4/h8-12,14,24-26,30,33H,5-7,13,15-16H2,1-4H3,(H,31,32)/t24-,25?,26?/m0/s1. The van der Waals surface area contributed by atoms with Crippen molar-refractivity contribution in [2.75, 3.05) is 6.54 Å². The molecule has 0 aliphatic heterocycles. The van der Waals surface area contributed by atoms with E-state index in [9.17, 15) is 18.7 Å². The van der Waals surface area contributed by atoms with Crippen molar-refractivity contribution >= 4 is 5.91 Å². The van der Waals surface area contributed by atoms with Crippen molar-refractivity contribution in [2.24, 2.45) is 5.41 Å². The first-order chi connectivity index (χ1) is 15.5. The third-order valence-corrected chi connectivity index (χ3v) is 6.06. The minimum absolute atomic E-state index is 0.118. The van der Waals surface area contributed by atoms with Gasteiger partial charge in [0.15, 0.2) is 0 Å². The van der Waals surface area contributed by atoms with Gasteiger partial charge in [-0.3, -0.25) is 4.79 Å².